The minimum Gasteiger partial charge on any atom is -0.469 e. The van der Waals surface area contributed by atoms with E-state index < -0.39 is 0 Å². The third kappa shape index (κ3) is 3.89. The molecule has 0 spiro atoms. The molecule has 1 aromatic heterocycles. The fourth-order valence-corrected chi connectivity index (χ4v) is 2.43. The van der Waals surface area contributed by atoms with E-state index in [9.17, 15) is 0 Å². The lowest BCUT2D eigenvalue weighted by Gasteiger charge is -2.13. The van der Waals surface area contributed by atoms with Crippen molar-refractivity contribution in [1.82, 2.24) is 5.32 Å². The van der Waals surface area contributed by atoms with Crippen molar-refractivity contribution in [1.29, 1.82) is 0 Å². The van der Waals surface area contributed by atoms with Gasteiger partial charge in [0.15, 0.2) is 0 Å². The van der Waals surface area contributed by atoms with Crippen molar-refractivity contribution < 1.29 is 4.42 Å². The molecule has 0 saturated carbocycles. The molecule has 0 amide bonds. The van der Waals surface area contributed by atoms with Crippen LogP contribution in [0.4, 0.5) is 5.69 Å². The van der Waals surface area contributed by atoms with E-state index in [0.29, 0.717) is 6.04 Å². The van der Waals surface area contributed by atoms with Gasteiger partial charge in [0.05, 0.1) is 6.26 Å². The van der Waals surface area contributed by atoms with Crippen LogP contribution in [0.15, 0.2) is 45.5 Å². The third-order valence-electron chi connectivity index (χ3n) is 2.72. The van der Waals surface area contributed by atoms with Gasteiger partial charge in [-0.3, -0.25) is 0 Å². The van der Waals surface area contributed by atoms with Gasteiger partial charge < -0.3 is 15.5 Å². The number of benzene rings is 1. The molecule has 0 aliphatic rings. The standard InChI is InChI=1S/C14H17BrN2O/c1-10(5-14-3-2-4-18-14)17-9-11-6-12(15)8-13(16)7-11/h2-4,6-8,10,17H,5,9,16H2,1H3. The van der Waals surface area contributed by atoms with Gasteiger partial charge in [0.1, 0.15) is 5.76 Å². The van der Waals surface area contributed by atoms with Crippen molar-refractivity contribution >= 4 is 21.6 Å². The fourth-order valence-electron chi connectivity index (χ4n) is 1.87. The zero-order chi connectivity index (χ0) is 13.0. The number of nitrogens with one attached hydrogen (secondary N) is 1. The van der Waals surface area contributed by atoms with Gasteiger partial charge in [0.2, 0.25) is 0 Å². The molecular weight excluding hydrogens is 292 g/mol. The lowest BCUT2D eigenvalue weighted by molar-refractivity contribution is 0.456. The molecule has 3 nitrogen and oxygen atoms in total. The Balaban J connectivity index is 1.87. The SMILES string of the molecule is CC(Cc1ccco1)NCc1cc(N)cc(Br)c1. The number of nitrogens with two attached hydrogens (primary N) is 1. The van der Waals surface area contributed by atoms with Crippen LogP contribution in [-0.2, 0) is 13.0 Å². The van der Waals surface area contributed by atoms with Crippen molar-refractivity contribution in [2.24, 2.45) is 0 Å². The van der Waals surface area contributed by atoms with E-state index in [1.54, 1.807) is 6.26 Å². The average molecular weight is 309 g/mol. The molecule has 0 fully saturated rings. The molecular formula is C14H17BrN2O. The first-order valence-electron chi connectivity index (χ1n) is 5.94. The van der Waals surface area contributed by atoms with Crippen LogP contribution in [0, 0.1) is 0 Å². The van der Waals surface area contributed by atoms with Gasteiger partial charge in [0, 0.05) is 29.2 Å². The maximum absolute atomic E-state index is 5.80. The van der Waals surface area contributed by atoms with Gasteiger partial charge in [-0.1, -0.05) is 15.9 Å². The normalized spacial score (nSPS) is 12.6. The van der Waals surface area contributed by atoms with Crippen LogP contribution in [0.25, 0.3) is 0 Å². The van der Waals surface area contributed by atoms with Crippen LogP contribution in [0.5, 0.6) is 0 Å². The monoisotopic (exact) mass is 308 g/mol. The van der Waals surface area contributed by atoms with Gasteiger partial charge in [0.25, 0.3) is 0 Å². The summed E-state index contributed by atoms with van der Waals surface area (Å²) in [4.78, 5) is 0. The second kappa shape index (κ2) is 6.07. The van der Waals surface area contributed by atoms with Crippen molar-refractivity contribution in [3.8, 4) is 0 Å². The van der Waals surface area contributed by atoms with Crippen LogP contribution in [0.2, 0.25) is 0 Å². The summed E-state index contributed by atoms with van der Waals surface area (Å²) in [5.41, 5.74) is 7.75. The van der Waals surface area contributed by atoms with Gasteiger partial charge in [-0.05, 0) is 42.8 Å². The molecule has 0 bridgehead atoms. The predicted molar refractivity (Wildman–Crippen MR) is 77.3 cm³/mol. The number of nitrogen functional groups attached to an aromatic ring is 1. The van der Waals surface area contributed by atoms with E-state index in [1.807, 2.05) is 24.3 Å². The van der Waals surface area contributed by atoms with Crippen LogP contribution < -0.4 is 11.1 Å². The fraction of sp³-hybridized carbons (Fsp3) is 0.286. The lowest BCUT2D eigenvalue weighted by Crippen LogP contribution is -2.27. The second-order valence-corrected chi connectivity index (χ2v) is 5.37. The maximum Gasteiger partial charge on any atom is 0.105 e. The van der Waals surface area contributed by atoms with Crippen LogP contribution in [0.3, 0.4) is 0 Å². The van der Waals surface area contributed by atoms with E-state index in [4.69, 9.17) is 10.2 Å². The van der Waals surface area contributed by atoms with Gasteiger partial charge in [-0.15, -0.1) is 0 Å². The summed E-state index contributed by atoms with van der Waals surface area (Å²) in [7, 11) is 0. The van der Waals surface area contributed by atoms with Crippen molar-refractivity contribution in [2.75, 3.05) is 5.73 Å². The molecule has 1 aromatic carbocycles. The highest BCUT2D eigenvalue weighted by molar-refractivity contribution is 9.10. The van der Waals surface area contributed by atoms with E-state index >= 15 is 0 Å². The Morgan fingerprint density at radius 1 is 1.39 bits per heavy atom. The van der Waals surface area contributed by atoms with E-state index in [0.717, 1.165) is 28.9 Å². The minimum absolute atomic E-state index is 0.358. The second-order valence-electron chi connectivity index (χ2n) is 4.46. The Morgan fingerprint density at radius 3 is 2.89 bits per heavy atom. The first-order valence-corrected chi connectivity index (χ1v) is 6.73. The zero-order valence-corrected chi connectivity index (χ0v) is 11.9. The average Bonchev–Trinajstić information content (AvgIpc) is 2.78. The molecule has 2 aromatic rings. The van der Waals surface area contributed by atoms with Crippen LogP contribution in [0.1, 0.15) is 18.2 Å². The molecule has 1 heterocycles. The first-order chi connectivity index (χ1) is 8.63. The molecule has 96 valence electrons. The molecule has 1 atom stereocenters. The lowest BCUT2D eigenvalue weighted by atomic mass is 10.1. The summed E-state index contributed by atoms with van der Waals surface area (Å²) in [6, 6.07) is 10.2. The molecule has 0 radical (unpaired) electrons. The van der Waals surface area contributed by atoms with Gasteiger partial charge in [-0.25, -0.2) is 0 Å². The Bertz CT molecular complexity index is 476. The van der Waals surface area contributed by atoms with Crippen LogP contribution >= 0.6 is 15.9 Å². The highest BCUT2D eigenvalue weighted by Gasteiger charge is 2.05. The summed E-state index contributed by atoms with van der Waals surface area (Å²) in [5, 5.41) is 3.46. The van der Waals surface area contributed by atoms with Crippen LogP contribution in [-0.4, -0.2) is 6.04 Å². The molecule has 0 aliphatic heterocycles. The van der Waals surface area contributed by atoms with Gasteiger partial charge in [-0.2, -0.15) is 0 Å². The Kier molecular flexibility index (Phi) is 4.44. The smallest absolute Gasteiger partial charge is 0.105 e. The van der Waals surface area contributed by atoms with Crippen molar-refractivity contribution in [3.63, 3.8) is 0 Å². The summed E-state index contributed by atoms with van der Waals surface area (Å²) >= 11 is 3.45. The van der Waals surface area contributed by atoms with Crippen molar-refractivity contribution in [3.05, 3.63) is 52.4 Å². The van der Waals surface area contributed by atoms with Crippen molar-refractivity contribution in [2.45, 2.75) is 25.9 Å². The largest absolute Gasteiger partial charge is 0.469 e. The van der Waals surface area contributed by atoms with E-state index in [-0.39, 0.29) is 0 Å². The minimum atomic E-state index is 0.358. The summed E-state index contributed by atoms with van der Waals surface area (Å²) in [6.45, 7) is 2.94. The molecule has 18 heavy (non-hydrogen) atoms. The van der Waals surface area contributed by atoms with E-state index in [1.165, 1.54) is 5.56 Å². The number of halogens is 1. The first kappa shape index (κ1) is 13.2. The number of hydrogen-bond donors (Lipinski definition) is 2. The predicted octanol–water partition coefficient (Wildman–Crippen LogP) is 3.35. The number of rotatable bonds is 5. The number of furan rings is 1. The highest BCUT2D eigenvalue weighted by Crippen LogP contribution is 2.17. The quantitative estimate of drug-likeness (QED) is 0.833. The zero-order valence-electron chi connectivity index (χ0n) is 10.3. The molecule has 0 aliphatic carbocycles. The molecule has 3 N–H and O–H groups in total. The maximum atomic E-state index is 5.80. The third-order valence-corrected chi connectivity index (χ3v) is 3.18. The molecule has 4 heteroatoms. The summed E-state index contributed by atoms with van der Waals surface area (Å²) < 4.78 is 6.34. The highest BCUT2D eigenvalue weighted by atomic mass is 79.9. The topological polar surface area (TPSA) is 51.2 Å². The molecule has 0 saturated heterocycles. The van der Waals surface area contributed by atoms with Gasteiger partial charge >= 0.3 is 0 Å². The molecule has 2 rings (SSSR count). The Hall–Kier alpha value is -1.26. The Morgan fingerprint density at radius 2 is 2.22 bits per heavy atom. The van der Waals surface area contributed by atoms with E-state index in [2.05, 4.69) is 34.2 Å². The number of hydrogen-bond acceptors (Lipinski definition) is 3. The Labute approximate surface area is 115 Å². The summed E-state index contributed by atoms with van der Waals surface area (Å²) in [6.07, 6.45) is 2.59. The number of anilines is 1. The summed E-state index contributed by atoms with van der Waals surface area (Å²) in [5.74, 6) is 1.00. The molecule has 1 unspecified atom stereocenters.